The van der Waals surface area contributed by atoms with Crippen LogP contribution in [0.25, 0.3) is 0 Å². The van der Waals surface area contributed by atoms with Gasteiger partial charge in [-0.05, 0) is 86.4 Å². The highest BCUT2D eigenvalue weighted by Crippen LogP contribution is 2.49. The third-order valence-electron chi connectivity index (χ3n) is 6.64. The first-order valence-electron chi connectivity index (χ1n) is 11.0. The fraction of sp³-hybridized carbons (Fsp3) is 0.417. The maximum absolute atomic E-state index is 12.9. The van der Waals surface area contributed by atoms with Gasteiger partial charge in [0.1, 0.15) is 0 Å². The molecule has 2 aliphatic carbocycles. The highest BCUT2D eigenvalue weighted by Gasteiger charge is 2.42. The summed E-state index contributed by atoms with van der Waals surface area (Å²) in [5.41, 5.74) is 1.40. The van der Waals surface area contributed by atoms with Crippen LogP contribution in [0.5, 0.6) is 0 Å². The summed E-state index contributed by atoms with van der Waals surface area (Å²) in [7, 11) is -3.63. The van der Waals surface area contributed by atoms with Crippen LogP contribution < -0.4 is 15.4 Å². The van der Waals surface area contributed by atoms with E-state index in [4.69, 9.17) is 0 Å². The van der Waals surface area contributed by atoms with E-state index in [1.54, 1.807) is 36.4 Å². The van der Waals surface area contributed by atoms with Crippen molar-refractivity contribution in [1.29, 1.82) is 0 Å². The number of anilines is 2. The molecule has 2 aliphatic rings. The van der Waals surface area contributed by atoms with Gasteiger partial charge in [-0.15, -0.1) is 0 Å². The number of rotatable bonds is 7. The lowest BCUT2D eigenvalue weighted by atomic mass is 9.84. The van der Waals surface area contributed by atoms with E-state index in [-0.39, 0.29) is 22.8 Å². The van der Waals surface area contributed by atoms with Crippen molar-refractivity contribution >= 4 is 33.2 Å². The summed E-state index contributed by atoms with van der Waals surface area (Å²) in [5.74, 6) is 1.24. The first-order chi connectivity index (χ1) is 15.2. The number of sulfonamides is 1. The molecule has 32 heavy (non-hydrogen) atoms. The lowest BCUT2D eigenvalue weighted by molar-refractivity contribution is -0.114. The SMILES string of the molecule is CC(=O)Nc1cccc(C(=O)Nc2ccc(S(=O)(=O)N[C@@H](C)[C@@H]3C[C@H]4CC[C@H]3C4)cc2)c1. The Bertz CT molecular complexity index is 1110. The lowest BCUT2D eigenvalue weighted by Crippen LogP contribution is -2.40. The summed E-state index contributed by atoms with van der Waals surface area (Å²) in [4.78, 5) is 23.9. The molecule has 0 unspecified atom stereocenters. The number of hydrogen-bond acceptors (Lipinski definition) is 4. The van der Waals surface area contributed by atoms with Gasteiger partial charge in [0.2, 0.25) is 15.9 Å². The molecule has 2 aromatic rings. The molecule has 2 amide bonds. The minimum atomic E-state index is -3.63. The summed E-state index contributed by atoms with van der Waals surface area (Å²) < 4.78 is 28.6. The van der Waals surface area contributed by atoms with Crippen LogP contribution in [0.1, 0.15) is 49.9 Å². The Kier molecular flexibility index (Phi) is 6.35. The van der Waals surface area contributed by atoms with E-state index in [0.29, 0.717) is 28.8 Å². The molecule has 2 bridgehead atoms. The molecule has 0 aromatic heterocycles. The van der Waals surface area contributed by atoms with Gasteiger partial charge in [-0.25, -0.2) is 13.1 Å². The molecule has 2 aromatic carbocycles. The minimum Gasteiger partial charge on any atom is -0.326 e. The van der Waals surface area contributed by atoms with Crippen LogP contribution >= 0.6 is 0 Å². The summed E-state index contributed by atoms with van der Waals surface area (Å²) in [5, 5.41) is 5.39. The molecule has 4 rings (SSSR count). The number of hydrogen-bond donors (Lipinski definition) is 3. The highest BCUT2D eigenvalue weighted by atomic mass is 32.2. The van der Waals surface area contributed by atoms with Gasteiger partial charge in [-0.3, -0.25) is 9.59 Å². The van der Waals surface area contributed by atoms with Gasteiger partial charge in [0.15, 0.2) is 0 Å². The minimum absolute atomic E-state index is 0.0921. The smallest absolute Gasteiger partial charge is 0.255 e. The molecule has 2 fully saturated rings. The molecule has 7 nitrogen and oxygen atoms in total. The number of carbonyl (C=O) groups excluding carboxylic acids is 2. The third kappa shape index (κ3) is 5.02. The number of fused-ring (bicyclic) bond motifs is 2. The number of nitrogens with one attached hydrogen (secondary N) is 3. The van der Waals surface area contributed by atoms with E-state index in [1.165, 1.54) is 38.3 Å². The predicted octanol–water partition coefficient (Wildman–Crippen LogP) is 4.00. The van der Waals surface area contributed by atoms with Crippen molar-refractivity contribution < 1.29 is 18.0 Å². The van der Waals surface area contributed by atoms with Gasteiger partial charge >= 0.3 is 0 Å². The fourth-order valence-corrected chi connectivity index (χ4v) is 6.46. The summed E-state index contributed by atoms with van der Waals surface area (Å²) >= 11 is 0. The molecule has 4 atom stereocenters. The van der Waals surface area contributed by atoms with Crippen molar-refractivity contribution in [2.75, 3.05) is 10.6 Å². The second-order valence-electron chi connectivity index (χ2n) is 8.99. The molecule has 0 heterocycles. The average Bonchev–Trinajstić information content (AvgIpc) is 3.37. The fourth-order valence-electron chi connectivity index (χ4n) is 5.17. The lowest BCUT2D eigenvalue weighted by Gasteiger charge is -2.28. The predicted molar refractivity (Wildman–Crippen MR) is 124 cm³/mol. The first kappa shape index (κ1) is 22.5. The maximum Gasteiger partial charge on any atom is 0.255 e. The van der Waals surface area contributed by atoms with Gasteiger partial charge in [0.05, 0.1) is 4.90 Å². The molecule has 0 radical (unpaired) electrons. The normalized spacial score (nSPS) is 23.0. The summed E-state index contributed by atoms with van der Waals surface area (Å²) in [6.07, 6.45) is 4.84. The number of carbonyl (C=O) groups is 2. The van der Waals surface area contributed by atoms with Crippen molar-refractivity contribution in [2.24, 2.45) is 17.8 Å². The third-order valence-corrected chi connectivity index (χ3v) is 8.22. The van der Waals surface area contributed by atoms with Crippen molar-refractivity contribution in [3.8, 4) is 0 Å². The van der Waals surface area contributed by atoms with Gasteiger partial charge in [0, 0.05) is 29.9 Å². The van der Waals surface area contributed by atoms with Gasteiger partial charge in [0.25, 0.3) is 5.91 Å². The van der Waals surface area contributed by atoms with Gasteiger partial charge < -0.3 is 10.6 Å². The molecule has 0 saturated heterocycles. The highest BCUT2D eigenvalue weighted by molar-refractivity contribution is 7.89. The standard InChI is InChI=1S/C24H29N3O4S/c1-15(23-13-17-6-7-18(23)12-17)27-32(30,31)22-10-8-20(9-11-22)26-24(29)19-4-3-5-21(14-19)25-16(2)28/h3-5,8-11,14-15,17-18,23,27H,6-7,12-13H2,1-2H3,(H,25,28)(H,26,29)/t15-,17-,18-,23-/m0/s1. The molecular weight excluding hydrogens is 426 g/mol. The Balaban J connectivity index is 1.39. The van der Waals surface area contributed by atoms with Crippen LogP contribution in [-0.2, 0) is 14.8 Å². The molecule has 8 heteroatoms. The Hall–Kier alpha value is -2.71. The molecule has 0 spiro atoms. The molecule has 0 aliphatic heterocycles. The maximum atomic E-state index is 12.9. The molecule has 170 valence electrons. The van der Waals surface area contributed by atoms with Crippen molar-refractivity contribution in [3.05, 3.63) is 54.1 Å². The van der Waals surface area contributed by atoms with Crippen LogP contribution in [0.4, 0.5) is 11.4 Å². The van der Waals surface area contributed by atoms with E-state index in [2.05, 4.69) is 15.4 Å². The van der Waals surface area contributed by atoms with Crippen molar-refractivity contribution in [3.63, 3.8) is 0 Å². The summed E-state index contributed by atoms with van der Waals surface area (Å²) in [6, 6.07) is 12.7. The number of amides is 2. The van der Waals surface area contributed by atoms with Crippen LogP contribution in [0.2, 0.25) is 0 Å². The van der Waals surface area contributed by atoms with Crippen molar-refractivity contribution in [2.45, 2.75) is 50.5 Å². The van der Waals surface area contributed by atoms with Crippen LogP contribution in [0, 0.1) is 17.8 Å². The van der Waals surface area contributed by atoms with E-state index >= 15 is 0 Å². The van der Waals surface area contributed by atoms with E-state index in [0.717, 1.165) is 12.3 Å². The van der Waals surface area contributed by atoms with Gasteiger partial charge in [-0.1, -0.05) is 12.5 Å². The van der Waals surface area contributed by atoms with Crippen LogP contribution in [-0.4, -0.2) is 26.3 Å². The first-order valence-corrected chi connectivity index (χ1v) is 12.5. The average molecular weight is 456 g/mol. The second-order valence-corrected chi connectivity index (χ2v) is 10.7. The Labute approximate surface area is 189 Å². The van der Waals surface area contributed by atoms with Gasteiger partial charge in [-0.2, -0.15) is 0 Å². The zero-order valence-electron chi connectivity index (χ0n) is 18.3. The molecular formula is C24H29N3O4S. The zero-order valence-corrected chi connectivity index (χ0v) is 19.1. The van der Waals surface area contributed by atoms with Crippen LogP contribution in [0.15, 0.2) is 53.4 Å². The van der Waals surface area contributed by atoms with Crippen molar-refractivity contribution in [1.82, 2.24) is 4.72 Å². The Morgan fingerprint density at radius 3 is 2.34 bits per heavy atom. The monoisotopic (exact) mass is 455 g/mol. The van der Waals surface area contributed by atoms with E-state index in [9.17, 15) is 18.0 Å². The topological polar surface area (TPSA) is 104 Å². The Morgan fingerprint density at radius 1 is 0.969 bits per heavy atom. The quantitative estimate of drug-likeness (QED) is 0.587. The molecule has 3 N–H and O–H groups in total. The number of benzene rings is 2. The largest absolute Gasteiger partial charge is 0.326 e. The van der Waals surface area contributed by atoms with Crippen LogP contribution in [0.3, 0.4) is 0 Å². The summed E-state index contributed by atoms with van der Waals surface area (Å²) in [6.45, 7) is 3.36. The molecule has 2 saturated carbocycles. The second kappa shape index (κ2) is 9.03. The van der Waals surface area contributed by atoms with E-state index < -0.39 is 10.0 Å². The zero-order chi connectivity index (χ0) is 22.9. The van der Waals surface area contributed by atoms with E-state index in [1.807, 2.05) is 6.92 Å². The Morgan fingerprint density at radius 2 is 1.72 bits per heavy atom.